The molecule has 2 aliphatic rings. The van der Waals surface area contributed by atoms with Gasteiger partial charge < -0.3 is 15.0 Å². The van der Waals surface area contributed by atoms with Crippen molar-refractivity contribution in [3.05, 3.63) is 0 Å². The van der Waals surface area contributed by atoms with Crippen molar-refractivity contribution < 1.29 is 9.53 Å². The second kappa shape index (κ2) is 6.66. The quantitative estimate of drug-likeness (QED) is 0.791. The second-order valence-corrected chi connectivity index (χ2v) is 7.60. The van der Waals surface area contributed by atoms with E-state index in [1.807, 2.05) is 7.05 Å². The molecule has 4 heteroatoms. The first-order chi connectivity index (χ1) is 9.93. The first-order valence-electron chi connectivity index (χ1n) is 8.43. The third-order valence-electron chi connectivity index (χ3n) is 5.82. The average Bonchev–Trinajstić information content (AvgIpc) is 2.89. The molecule has 2 unspecified atom stereocenters. The third kappa shape index (κ3) is 3.59. The Kier molecular flexibility index (Phi) is 5.31. The van der Waals surface area contributed by atoms with Gasteiger partial charge in [0.15, 0.2) is 0 Å². The van der Waals surface area contributed by atoms with Gasteiger partial charge in [-0.3, -0.25) is 4.79 Å². The first-order valence-corrected chi connectivity index (χ1v) is 8.43. The molecule has 0 aromatic carbocycles. The molecule has 0 aromatic rings. The van der Waals surface area contributed by atoms with Crippen LogP contribution in [0.2, 0.25) is 0 Å². The Bertz CT molecular complexity index is 360. The highest BCUT2D eigenvalue weighted by Gasteiger charge is 2.48. The zero-order chi connectivity index (χ0) is 15.5. The van der Waals surface area contributed by atoms with Gasteiger partial charge in [-0.25, -0.2) is 0 Å². The van der Waals surface area contributed by atoms with Crippen molar-refractivity contribution >= 4 is 5.97 Å². The van der Waals surface area contributed by atoms with Crippen LogP contribution in [0.15, 0.2) is 0 Å². The highest BCUT2D eigenvalue weighted by molar-refractivity contribution is 5.81. The summed E-state index contributed by atoms with van der Waals surface area (Å²) in [6.45, 7) is 8.24. The molecule has 0 radical (unpaired) electrons. The molecule has 1 aliphatic carbocycles. The van der Waals surface area contributed by atoms with Crippen molar-refractivity contribution in [2.75, 3.05) is 33.8 Å². The molecule has 2 rings (SSSR count). The monoisotopic (exact) mass is 296 g/mol. The fourth-order valence-electron chi connectivity index (χ4n) is 4.07. The van der Waals surface area contributed by atoms with E-state index in [0.29, 0.717) is 11.3 Å². The number of carbonyl (C=O) groups is 1. The number of piperidine rings is 1. The van der Waals surface area contributed by atoms with Gasteiger partial charge in [-0.2, -0.15) is 0 Å². The molecule has 21 heavy (non-hydrogen) atoms. The number of hydrogen-bond donors (Lipinski definition) is 1. The minimum atomic E-state index is -0.441. The van der Waals surface area contributed by atoms with E-state index in [2.05, 4.69) is 24.1 Å². The second-order valence-electron chi connectivity index (χ2n) is 7.60. The number of nitrogens with one attached hydrogen (secondary N) is 1. The van der Waals surface area contributed by atoms with E-state index in [9.17, 15) is 4.79 Å². The number of carbonyl (C=O) groups excluding carboxylic acids is 1. The minimum Gasteiger partial charge on any atom is -0.468 e. The van der Waals surface area contributed by atoms with Gasteiger partial charge in [-0.1, -0.05) is 20.3 Å². The van der Waals surface area contributed by atoms with Crippen molar-refractivity contribution in [1.82, 2.24) is 10.2 Å². The summed E-state index contributed by atoms with van der Waals surface area (Å²) in [4.78, 5) is 14.8. The summed E-state index contributed by atoms with van der Waals surface area (Å²) in [5.74, 6) is 0.331. The maximum Gasteiger partial charge on any atom is 0.326 e. The van der Waals surface area contributed by atoms with E-state index in [1.54, 1.807) is 0 Å². The maximum absolute atomic E-state index is 12.2. The Morgan fingerprint density at radius 3 is 2.52 bits per heavy atom. The molecular formula is C17H32N2O2. The summed E-state index contributed by atoms with van der Waals surface area (Å²) in [6.07, 6.45) is 6.82. The molecule has 0 amide bonds. The lowest BCUT2D eigenvalue weighted by Crippen LogP contribution is -2.54. The van der Waals surface area contributed by atoms with Crippen LogP contribution >= 0.6 is 0 Å². The van der Waals surface area contributed by atoms with Crippen LogP contribution < -0.4 is 5.32 Å². The zero-order valence-electron chi connectivity index (χ0n) is 14.2. The Morgan fingerprint density at radius 2 is 1.95 bits per heavy atom. The number of ether oxygens (including phenoxy) is 1. The van der Waals surface area contributed by atoms with Crippen molar-refractivity contribution in [3.8, 4) is 0 Å². The van der Waals surface area contributed by atoms with Gasteiger partial charge in [0.05, 0.1) is 7.11 Å². The number of likely N-dealkylation sites (tertiary alicyclic amines) is 1. The fourth-order valence-corrected chi connectivity index (χ4v) is 4.07. The first kappa shape index (κ1) is 16.8. The summed E-state index contributed by atoms with van der Waals surface area (Å²) in [5, 5.41) is 3.29. The lowest BCUT2D eigenvalue weighted by atomic mass is 9.81. The summed E-state index contributed by atoms with van der Waals surface area (Å²) < 4.78 is 5.06. The van der Waals surface area contributed by atoms with E-state index in [-0.39, 0.29) is 5.97 Å². The molecule has 2 atom stereocenters. The molecule has 2 fully saturated rings. The topological polar surface area (TPSA) is 41.6 Å². The largest absolute Gasteiger partial charge is 0.468 e. The number of rotatable bonds is 5. The summed E-state index contributed by atoms with van der Waals surface area (Å²) in [7, 11) is 3.40. The zero-order valence-corrected chi connectivity index (χ0v) is 14.2. The van der Waals surface area contributed by atoms with Gasteiger partial charge in [0.25, 0.3) is 0 Å². The number of likely N-dealkylation sites (N-methyl/N-ethyl adjacent to an activating group) is 1. The smallest absolute Gasteiger partial charge is 0.326 e. The van der Waals surface area contributed by atoms with Gasteiger partial charge in [-0.15, -0.1) is 0 Å². The molecule has 0 aromatic heterocycles. The molecule has 0 spiro atoms. The van der Waals surface area contributed by atoms with Crippen LogP contribution in [0, 0.1) is 11.3 Å². The molecule has 1 saturated carbocycles. The number of esters is 1. The lowest BCUT2D eigenvalue weighted by molar-refractivity contribution is -0.150. The van der Waals surface area contributed by atoms with Crippen LogP contribution in [-0.2, 0) is 9.53 Å². The maximum atomic E-state index is 12.2. The average molecular weight is 296 g/mol. The Labute approximate surface area is 129 Å². The molecule has 1 aliphatic heterocycles. The summed E-state index contributed by atoms with van der Waals surface area (Å²) in [6, 6.07) is 0. The van der Waals surface area contributed by atoms with Crippen molar-refractivity contribution in [2.45, 2.75) is 57.9 Å². The van der Waals surface area contributed by atoms with Crippen LogP contribution in [-0.4, -0.2) is 50.2 Å². The molecule has 4 nitrogen and oxygen atoms in total. The molecule has 1 heterocycles. The van der Waals surface area contributed by atoms with Crippen LogP contribution in [0.5, 0.6) is 0 Å². The molecule has 1 saturated heterocycles. The Morgan fingerprint density at radius 1 is 1.29 bits per heavy atom. The number of methoxy groups -OCH3 is 1. The van der Waals surface area contributed by atoms with Gasteiger partial charge in [-0.05, 0) is 70.1 Å². The van der Waals surface area contributed by atoms with Crippen LogP contribution in [0.4, 0.5) is 0 Å². The molecule has 122 valence electrons. The van der Waals surface area contributed by atoms with Crippen LogP contribution in [0.1, 0.15) is 52.4 Å². The standard InChI is InChI=1S/C17H32N2O2/c1-16(2)9-12-19(13-10-16)11-7-14-6-5-8-17(14,18-3)15(20)21-4/h14,18H,5-13H2,1-4H3. The van der Waals surface area contributed by atoms with E-state index in [1.165, 1.54) is 33.0 Å². The molecule has 1 N–H and O–H groups in total. The molecule has 0 bridgehead atoms. The summed E-state index contributed by atoms with van der Waals surface area (Å²) in [5.41, 5.74) is 0.0639. The lowest BCUT2D eigenvalue weighted by Gasteiger charge is -2.38. The predicted octanol–water partition coefficient (Wildman–Crippen LogP) is 2.43. The minimum absolute atomic E-state index is 0.0766. The Hall–Kier alpha value is -0.610. The number of hydrogen-bond acceptors (Lipinski definition) is 4. The van der Waals surface area contributed by atoms with Crippen molar-refractivity contribution in [3.63, 3.8) is 0 Å². The molecular weight excluding hydrogens is 264 g/mol. The van der Waals surface area contributed by atoms with Gasteiger partial charge in [0.2, 0.25) is 0 Å². The number of nitrogens with zero attached hydrogens (tertiary/aromatic N) is 1. The van der Waals surface area contributed by atoms with Crippen molar-refractivity contribution in [1.29, 1.82) is 0 Å². The third-order valence-corrected chi connectivity index (χ3v) is 5.82. The normalized spacial score (nSPS) is 33.0. The van der Waals surface area contributed by atoms with Crippen LogP contribution in [0.25, 0.3) is 0 Å². The van der Waals surface area contributed by atoms with E-state index < -0.39 is 5.54 Å². The highest BCUT2D eigenvalue weighted by Crippen LogP contribution is 2.39. The van der Waals surface area contributed by atoms with Crippen molar-refractivity contribution in [2.24, 2.45) is 11.3 Å². The van der Waals surface area contributed by atoms with E-state index in [4.69, 9.17) is 4.74 Å². The fraction of sp³-hybridized carbons (Fsp3) is 0.941. The Balaban J connectivity index is 1.89. The predicted molar refractivity (Wildman–Crippen MR) is 85.2 cm³/mol. The SMILES string of the molecule is CNC1(C(=O)OC)CCCC1CCN1CCC(C)(C)CC1. The van der Waals surface area contributed by atoms with E-state index in [0.717, 1.165) is 32.2 Å². The summed E-state index contributed by atoms with van der Waals surface area (Å²) >= 11 is 0. The van der Waals surface area contributed by atoms with E-state index >= 15 is 0 Å². The van der Waals surface area contributed by atoms with Gasteiger partial charge in [0, 0.05) is 0 Å². The van der Waals surface area contributed by atoms with Crippen LogP contribution in [0.3, 0.4) is 0 Å². The van der Waals surface area contributed by atoms with Gasteiger partial charge >= 0.3 is 5.97 Å². The highest BCUT2D eigenvalue weighted by atomic mass is 16.5. The van der Waals surface area contributed by atoms with Gasteiger partial charge in [0.1, 0.15) is 5.54 Å².